The molecule has 3 rings (SSSR count). The first-order valence-electron chi connectivity index (χ1n) is 6.40. The summed E-state index contributed by atoms with van der Waals surface area (Å²) in [6, 6.07) is 6.22. The van der Waals surface area contributed by atoms with Crippen molar-refractivity contribution in [3.8, 4) is 0 Å². The second-order valence-corrected chi connectivity index (χ2v) is 5.97. The fourth-order valence-electron chi connectivity index (χ4n) is 3.18. The summed E-state index contributed by atoms with van der Waals surface area (Å²) in [4.78, 5) is 2.50. The average Bonchev–Trinajstić information content (AvgIpc) is 2.27. The van der Waals surface area contributed by atoms with Gasteiger partial charge in [-0.05, 0) is 56.6 Å². The number of aryl methyl sites for hydroxylation is 1. The zero-order valence-electron chi connectivity index (χ0n) is 10.3. The Balaban J connectivity index is 1.72. The number of hydrogen-bond donors (Lipinski definition) is 1. The van der Waals surface area contributed by atoms with E-state index in [-0.39, 0.29) is 0 Å². The summed E-state index contributed by atoms with van der Waals surface area (Å²) in [7, 11) is 0. The van der Waals surface area contributed by atoms with Crippen molar-refractivity contribution in [3.63, 3.8) is 0 Å². The minimum atomic E-state index is 0.595. The van der Waals surface area contributed by atoms with E-state index >= 15 is 0 Å². The minimum Gasteiger partial charge on any atom is -0.370 e. The van der Waals surface area contributed by atoms with E-state index in [1.54, 1.807) is 0 Å². The Morgan fingerprint density at radius 2 is 1.94 bits per heavy atom. The molecule has 0 atom stereocenters. The Morgan fingerprint density at radius 1 is 1.24 bits per heavy atom. The highest BCUT2D eigenvalue weighted by molar-refractivity contribution is 6.30. The zero-order chi connectivity index (χ0) is 11.9. The monoisotopic (exact) mass is 250 g/mol. The number of piperidine rings is 1. The summed E-state index contributed by atoms with van der Waals surface area (Å²) in [6.07, 6.45) is 2.66. The van der Waals surface area contributed by atoms with Crippen molar-refractivity contribution in [2.75, 3.05) is 31.1 Å². The highest BCUT2D eigenvalue weighted by Crippen LogP contribution is 2.42. The Morgan fingerprint density at radius 3 is 2.59 bits per heavy atom. The lowest BCUT2D eigenvalue weighted by Crippen LogP contribution is -2.60. The van der Waals surface area contributed by atoms with Crippen molar-refractivity contribution >= 4 is 17.3 Å². The molecule has 2 fully saturated rings. The average molecular weight is 251 g/mol. The number of benzene rings is 1. The van der Waals surface area contributed by atoms with Gasteiger partial charge in [-0.1, -0.05) is 11.6 Å². The smallest absolute Gasteiger partial charge is 0.0410 e. The van der Waals surface area contributed by atoms with Crippen molar-refractivity contribution in [1.82, 2.24) is 5.32 Å². The van der Waals surface area contributed by atoms with E-state index in [1.165, 1.54) is 50.3 Å². The maximum absolute atomic E-state index is 6.00. The van der Waals surface area contributed by atoms with Crippen LogP contribution in [-0.2, 0) is 0 Å². The summed E-state index contributed by atoms with van der Waals surface area (Å²) in [5.74, 6) is 0. The van der Waals surface area contributed by atoms with Gasteiger partial charge in [-0.2, -0.15) is 0 Å². The van der Waals surface area contributed by atoms with E-state index in [0.29, 0.717) is 5.41 Å². The zero-order valence-corrected chi connectivity index (χ0v) is 11.1. The third-order valence-electron chi connectivity index (χ3n) is 4.22. The molecule has 2 aliphatic rings. The molecular formula is C14H19ClN2. The van der Waals surface area contributed by atoms with E-state index in [9.17, 15) is 0 Å². The lowest BCUT2D eigenvalue weighted by Gasteiger charge is -2.54. The number of nitrogens with zero attached hydrogens (tertiary/aromatic N) is 1. The molecule has 0 unspecified atom stereocenters. The highest BCUT2D eigenvalue weighted by atomic mass is 35.5. The van der Waals surface area contributed by atoms with Gasteiger partial charge in [0.15, 0.2) is 0 Å². The molecule has 1 aromatic carbocycles. The summed E-state index contributed by atoms with van der Waals surface area (Å²) in [5.41, 5.74) is 3.25. The second kappa shape index (κ2) is 4.18. The van der Waals surface area contributed by atoms with Crippen LogP contribution in [0.3, 0.4) is 0 Å². The second-order valence-electron chi connectivity index (χ2n) is 5.54. The Kier molecular flexibility index (Phi) is 2.80. The Bertz CT molecular complexity index is 416. The Labute approximate surface area is 108 Å². The molecule has 2 nitrogen and oxygen atoms in total. The molecule has 0 bridgehead atoms. The minimum absolute atomic E-state index is 0.595. The molecule has 0 aromatic heterocycles. The molecular weight excluding hydrogens is 232 g/mol. The van der Waals surface area contributed by atoms with Crippen LogP contribution in [0.4, 0.5) is 5.69 Å². The molecule has 1 N–H and O–H groups in total. The van der Waals surface area contributed by atoms with Crippen LogP contribution in [0.25, 0.3) is 0 Å². The van der Waals surface area contributed by atoms with E-state index in [0.717, 1.165) is 5.02 Å². The Hall–Kier alpha value is -0.730. The van der Waals surface area contributed by atoms with Crippen molar-refractivity contribution < 1.29 is 0 Å². The molecule has 92 valence electrons. The standard InChI is InChI=1S/C14H19ClN2/c1-11-8-12(15)2-3-13(11)17-9-14(10-17)4-6-16-7-5-14/h2-3,8,16H,4-7,9-10H2,1H3. The number of nitrogens with one attached hydrogen (secondary N) is 1. The van der Waals surface area contributed by atoms with Gasteiger partial charge >= 0.3 is 0 Å². The molecule has 0 amide bonds. The first-order chi connectivity index (χ1) is 8.19. The molecule has 0 aliphatic carbocycles. The molecule has 2 aliphatic heterocycles. The molecule has 0 saturated carbocycles. The van der Waals surface area contributed by atoms with Gasteiger partial charge in [-0.3, -0.25) is 0 Å². The van der Waals surface area contributed by atoms with Crippen molar-refractivity contribution in [2.45, 2.75) is 19.8 Å². The third-order valence-corrected chi connectivity index (χ3v) is 4.45. The van der Waals surface area contributed by atoms with Gasteiger partial charge in [0.2, 0.25) is 0 Å². The topological polar surface area (TPSA) is 15.3 Å². The first-order valence-corrected chi connectivity index (χ1v) is 6.78. The van der Waals surface area contributed by atoms with Gasteiger partial charge in [-0.25, -0.2) is 0 Å². The fourth-order valence-corrected chi connectivity index (χ4v) is 3.41. The molecule has 0 radical (unpaired) electrons. The van der Waals surface area contributed by atoms with Crippen molar-refractivity contribution in [1.29, 1.82) is 0 Å². The molecule has 2 saturated heterocycles. The van der Waals surface area contributed by atoms with Crippen LogP contribution < -0.4 is 10.2 Å². The lowest BCUT2D eigenvalue weighted by atomic mass is 9.72. The van der Waals surface area contributed by atoms with Gasteiger partial charge in [0.25, 0.3) is 0 Å². The number of rotatable bonds is 1. The van der Waals surface area contributed by atoms with Crippen LogP contribution in [0, 0.1) is 12.3 Å². The maximum Gasteiger partial charge on any atom is 0.0410 e. The largest absolute Gasteiger partial charge is 0.370 e. The summed E-state index contributed by atoms with van der Waals surface area (Å²) in [6.45, 7) is 6.96. The van der Waals surface area contributed by atoms with Crippen LogP contribution >= 0.6 is 11.6 Å². The fraction of sp³-hybridized carbons (Fsp3) is 0.571. The molecule has 2 heterocycles. The van der Waals surface area contributed by atoms with E-state index in [1.807, 2.05) is 6.07 Å². The van der Waals surface area contributed by atoms with E-state index < -0.39 is 0 Å². The number of hydrogen-bond acceptors (Lipinski definition) is 2. The van der Waals surface area contributed by atoms with E-state index in [4.69, 9.17) is 11.6 Å². The van der Waals surface area contributed by atoms with Crippen LogP contribution in [0.15, 0.2) is 18.2 Å². The van der Waals surface area contributed by atoms with Crippen molar-refractivity contribution in [3.05, 3.63) is 28.8 Å². The van der Waals surface area contributed by atoms with Gasteiger partial charge in [0.05, 0.1) is 0 Å². The summed E-state index contributed by atoms with van der Waals surface area (Å²) < 4.78 is 0. The third kappa shape index (κ3) is 2.04. The van der Waals surface area contributed by atoms with Crippen LogP contribution in [0.2, 0.25) is 5.02 Å². The maximum atomic E-state index is 6.00. The first kappa shape index (κ1) is 11.4. The van der Waals surface area contributed by atoms with Crippen LogP contribution in [0.5, 0.6) is 0 Å². The SMILES string of the molecule is Cc1cc(Cl)ccc1N1CC2(CCNCC2)C1. The van der Waals surface area contributed by atoms with Crippen LogP contribution in [-0.4, -0.2) is 26.2 Å². The molecule has 17 heavy (non-hydrogen) atoms. The van der Waals surface area contributed by atoms with Gasteiger partial charge in [0, 0.05) is 29.2 Å². The van der Waals surface area contributed by atoms with Gasteiger partial charge in [-0.15, -0.1) is 0 Å². The van der Waals surface area contributed by atoms with Gasteiger partial charge in [0.1, 0.15) is 0 Å². The molecule has 3 heteroatoms. The summed E-state index contributed by atoms with van der Waals surface area (Å²) >= 11 is 6.00. The number of halogens is 1. The normalized spacial score (nSPS) is 22.6. The molecule has 1 aromatic rings. The van der Waals surface area contributed by atoms with Crippen LogP contribution in [0.1, 0.15) is 18.4 Å². The summed E-state index contributed by atoms with van der Waals surface area (Å²) in [5, 5.41) is 4.28. The van der Waals surface area contributed by atoms with Gasteiger partial charge < -0.3 is 10.2 Å². The predicted molar refractivity (Wildman–Crippen MR) is 72.9 cm³/mol. The van der Waals surface area contributed by atoms with E-state index in [2.05, 4.69) is 29.3 Å². The predicted octanol–water partition coefficient (Wildman–Crippen LogP) is 2.84. The number of anilines is 1. The lowest BCUT2D eigenvalue weighted by molar-refractivity contribution is 0.150. The highest BCUT2D eigenvalue weighted by Gasteiger charge is 2.43. The quantitative estimate of drug-likeness (QED) is 0.825. The molecule has 1 spiro atoms. The van der Waals surface area contributed by atoms with Crippen molar-refractivity contribution in [2.24, 2.45) is 5.41 Å².